The van der Waals surface area contributed by atoms with Crippen molar-refractivity contribution in [1.82, 2.24) is 19.7 Å². The summed E-state index contributed by atoms with van der Waals surface area (Å²) in [5.41, 5.74) is 0.912. The van der Waals surface area contributed by atoms with Crippen LogP contribution >= 0.6 is 11.8 Å². The molecule has 1 aromatic heterocycles. The molecule has 0 N–H and O–H groups in total. The van der Waals surface area contributed by atoms with E-state index in [-0.39, 0.29) is 17.1 Å². The van der Waals surface area contributed by atoms with Crippen LogP contribution < -0.4 is 0 Å². The molecule has 0 bridgehead atoms. The molecule has 2 aromatic carbocycles. The van der Waals surface area contributed by atoms with E-state index in [1.165, 1.54) is 13.1 Å². The first-order valence-electron chi connectivity index (χ1n) is 8.95. The van der Waals surface area contributed by atoms with E-state index in [0.717, 1.165) is 16.7 Å². The maximum atomic E-state index is 14.3. The highest BCUT2D eigenvalue weighted by Gasteiger charge is 2.28. The summed E-state index contributed by atoms with van der Waals surface area (Å²) in [5, 5.41) is 8.51. The van der Waals surface area contributed by atoms with E-state index in [1.54, 1.807) is 47.0 Å². The summed E-state index contributed by atoms with van der Waals surface area (Å²) < 4.78 is 53.1. The number of amides is 1. The topological polar surface area (TPSA) is 51.0 Å². The third-order valence-electron chi connectivity index (χ3n) is 4.24. The Bertz CT molecular complexity index is 1010. The molecule has 0 saturated heterocycles. The molecule has 0 aliphatic heterocycles. The molecular formula is C20H18F4N4OS. The molecule has 1 amide bonds. The fourth-order valence-corrected chi connectivity index (χ4v) is 3.54. The van der Waals surface area contributed by atoms with Crippen molar-refractivity contribution in [2.45, 2.75) is 17.8 Å². The molecule has 3 aromatic rings. The fraction of sp³-hybridized carbons (Fsp3) is 0.250. The van der Waals surface area contributed by atoms with Gasteiger partial charge in [0.25, 0.3) is 0 Å². The molecule has 0 saturated carbocycles. The summed E-state index contributed by atoms with van der Waals surface area (Å²) in [6, 6.07) is 15.1. The number of aromatic nitrogens is 3. The lowest BCUT2D eigenvalue weighted by Crippen LogP contribution is -2.31. The molecule has 0 aliphatic carbocycles. The van der Waals surface area contributed by atoms with Gasteiger partial charge in [-0.15, -0.1) is 10.2 Å². The predicted octanol–water partition coefficient (Wildman–Crippen LogP) is 4.58. The monoisotopic (exact) mass is 438 g/mol. The first kappa shape index (κ1) is 21.8. The van der Waals surface area contributed by atoms with Gasteiger partial charge in [-0.25, -0.2) is 4.39 Å². The van der Waals surface area contributed by atoms with E-state index in [0.29, 0.717) is 10.8 Å². The highest BCUT2D eigenvalue weighted by molar-refractivity contribution is 7.99. The smallest absolute Gasteiger partial charge is 0.345 e. The number of hydrogen-bond donors (Lipinski definition) is 0. The number of hydrogen-bond acceptors (Lipinski definition) is 4. The summed E-state index contributed by atoms with van der Waals surface area (Å²) in [7, 11) is 1.32. The van der Waals surface area contributed by atoms with Gasteiger partial charge >= 0.3 is 6.18 Å². The number of rotatable bonds is 7. The van der Waals surface area contributed by atoms with E-state index in [2.05, 4.69) is 10.2 Å². The summed E-state index contributed by atoms with van der Waals surface area (Å²) in [6.45, 7) is -0.422. The molecule has 158 valence electrons. The van der Waals surface area contributed by atoms with Gasteiger partial charge in [-0.05, 0) is 24.3 Å². The summed E-state index contributed by atoms with van der Waals surface area (Å²) in [5.74, 6) is -0.808. The lowest BCUT2D eigenvalue weighted by Gasteiger charge is -2.18. The molecule has 0 spiro atoms. The Labute approximate surface area is 174 Å². The van der Waals surface area contributed by atoms with Crippen molar-refractivity contribution in [3.8, 4) is 17.1 Å². The number of benzene rings is 2. The van der Waals surface area contributed by atoms with E-state index in [9.17, 15) is 22.4 Å². The molecule has 0 fully saturated rings. The molecule has 0 atom stereocenters. The fourth-order valence-electron chi connectivity index (χ4n) is 2.65. The number of halogens is 4. The van der Waals surface area contributed by atoms with Crippen LogP contribution in [-0.4, -0.2) is 51.1 Å². The highest BCUT2D eigenvalue weighted by atomic mass is 32.2. The van der Waals surface area contributed by atoms with Crippen molar-refractivity contribution in [3.63, 3.8) is 0 Å². The SMILES string of the molecule is CN(CCC(F)(F)F)C(=O)CSc1nnc(-c2ccccc2F)n1-c1ccccc1. The van der Waals surface area contributed by atoms with E-state index >= 15 is 0 Å². The Balaban J connectivity index is 1.84. The summed E-state index contributed by atoms with van der Waals surface area (Å²) >= 11 is 1.03. The lowest BCUT2D eigenvalue weighted by molar-refractivity contribution is -0.142. The van der Waals surface area contributed by atoms with E-state index in [1.807, 2.05) is 6.07 Å². The van der Waals surface area contributed by atoms with Crippen LogP contribution in [0.3, 0.4) is 0 Å². The molecule has 10 heteroatoms. The maximum absolute atomic E-state index is 14.3. The zero-order valence-corrected chi connectivity index (χ0v) is 16.8. The summed E-state index contributed by atoms with van der Waals surface area (Å²) in [6.07, 6.45) is -5.40. The van der Waals surface area contributed by atoms with Crippen molar-refractivity contribution < 1.29 is 22.4 Å². The Morgan fingerprint density at radius 3 is 2.40 bits per heavy atom. The minimum atomic E-state index is -4.33. The van der Waals surface area contributed by atoms with Crippen molar-refractivity contribution in [2.24, 2.45) is 0 Å². The second kappa shape index (κ2) is 9.29. The standard InChI is InChI=1S/C20H18F4N4OS/c1-27(12-11-20(22,23)24)17(29)13-30-19-26-25-18(15-9-5-6-10-16(15)21)28(19)14-7-3-2-4-8-14/h2-10H,11-13H2,1H3. The second-order valence-corrected chi connectivity index (χ2v) is 7.37. The number of thioether (sulfide) groups is 1. The first-order chi connectivity index (χ1) is 14.3. The van der Waals surface area contributed by atoms with Gasteiger partial charge in [0.1, 0.15) is 5.82 Å². The molecule has 3 rings (SSSR count). The molecule has 0 unspecified atom stereocenters. The van der Waals surface area contributed by atoms with Crippen molar-refractivity contribution in [1.29, 1.82) is 0 Å². The van der Waals surface area contributed by atoms with Gasteiger partial charge in [0.05, 0.1) is 17.7 Å². The molecule has 30 heavy (non-hydrogen) atoms. The predicted molar refractivity (Wildman–Crippen MR) is 106 cm³/mol. The Hall–Kier alpha value is -2.88. The second-order valence-electron chi connectivity index (χ2n) is 6.43. The number of carbonyl (C=O) groups excluding carboxylic acids is 1. The van der Waals surface area contributed by atoms with Gasteiger partial charge in [0, 0.05) is 19.3 Å². The zero-order chi connectivity index (χ0) is 21.7. The van der Waals surface area contributed by atoms with Crippen LogP contribution in [0.5, 0.6) is 0 Å². The maximum Gasteiger partial charge on any atom is 0.390 e. The minimum absolute atomic E-state index is 0.128. The van der Waals surface area contributed by atoms with Crippen LogP contribution in [0, 0.1) is 5.82 Å². The van der Waals surface area contributed by atoms with E-state index in [4.69, 9.17) is 0 Å². The van der Waals surface area contributed by atoms with Crippen LogP contribution in [0.15, 0.2) is 59.8 Å². The van der Waals surface area contributed by atoms with Gasteiger partial charge in [-0.3, -0.25) is 9.36 Å². The normalized spacial score (nSPS) is 11.5. The van der Waals surface area contributed by atoms with Crippen LogP contribution in [-0.2, 0) is 4.79 Å². The third-order valence-corrected chi connectivity index (χ3v) is 5.16. The molecule has 0 aliphatic rings. The van der Waals surface area contributed by atoms with Crippen LogP contribution in [0.1, 0.15) is 6.42 Å². The first-order valence-corrected chi connectivity index (χ1v) is 9.94. The van der Waals surface area contributed by atoms with Crippen molar-refractivity contribution in [3.05, 3.63) is 60.4 Å². The molecular weight excluding hydrogens is 420 g/mol. The number of carbonyl (C=O) groups is 1. The largest absolute Gasteiger partial charge is 0.390 e. The highest BCUT2D eigenvalue weighted by Crippen LogP contribution is 2.29. The molecule has 5 nitrogen and oxygen atoms in total. The molecule has 0 radical (unpaired) electrons. The number of alkyl halides is 3. The van der Waals surface area contributed by atoms with Gasteiger partial charge in [0.15, 0.2) is 11.0 Å². The van der Waals surface area contributed by atoms with Crippen molar-refractivity contribution >= 4 is 17.7 Å². The average molecular weight is 438 g/mol. The average Bonchev–Trinajstić information content (AvgIpc) is 3.14. The van der Waals surface area contributed by atoms with Gasteiger partial charge < -0.3 is 4.90 Å². The zero-order valence-electron chi connectivity index (χ0n) is 15.9. The van der Waals surface area contributed by atoms with Gasteiger partial charge in [-0.2, -0.15) is 13.2 Å². The van der Waals surface area contributed by atoms with Crippen LogP contribution in [0.2, 0.25) is 0 Å². The number of para-hydroxylation sites is 1. The van der Waals surface area contributed by atoms with Crippen molar-refractivity contribution in [2.75, 3.05) is 19.3 Å². The Morgan fingerprint density at radius 2 is 1.73 bits per heavy atom. The quantitative estimate of drug-likeness (QED) is 0.400. The summed E-state index contributed by atoms with van der Waals surface area (Å²) in [4.78, 5) is 13.3. The van der Waals surface area contributed by atoms with Crippen LogP contribution in [0.4, 0.5) is 17.6 Å². The van der Waals surface area contributed by atoms with Crippen LogP contribution in [0.25, 0.3) is 17.1 Å². The Kier molecular flexibility index (Phi) is 6.76. The minimum Gasteiger partial charge on any atom is -0.345 e. The van der Waals surface area contributed by atoms with Gasteiger partial charge in [0.2, 0.25) is 5.91 Å². The van der Waals surface area contributed by atoms with E-state index < -0.39 is 30.9 Å². The number of nitrogens with zero attached hydrogens (tertiary/aromatic N) is 4. The third kappa shape index (κ3) is 5.38. The van der Waals surface area contributed by atoms with Gasteiger partial charge in [-0.1, -0.05) is 42.1 Å². The Morgan fingerprint density at radius 1 is 1.07 bits per heavy atom. The molecule has 1 heterocycles. The lowest BCUT2D eigenvalue weighted by atomic mass is 10.2.